The summed E-state index contributed by atoms with van der Waals surface area (Å²) in [7, 11) is 0. The van der Waals surface area contributed by atoms with Crippen LogP contribution in [0.3, 0.4) is 0 Å². The molecule has 0 saturated carbocycles. The Kier molecular flexibility index (Phi) is 61.4. The zero-order chi connectivity index (χ0) is 52.9. The lowest BCUT2D eigenvalue weighted by Gasteiger charge is -2.22. The van der Waals surface area contributed by atoms with Gasteiger partial charge in [0.25, 0.3) is 0 Å². The van der Waals surface area contributed by atoms with Crippen molar-refractivity contribution >= 4 is 11.9 Å². The van der Waals surface area contributed by atoms with Crippen LogP contribution in [-0.4, -0.2) is 47.4 Å². The molecule has 0 bridgehead atoms. The zero-order valence-electron chi connectivity index (χ0n) is 49.4. The van der Waals surface area contributed by atoms with Crippen molar-refractivity contribution in [3.05, 3.63) is 24.3 Å². The summed E-state index contributed by atoms with van der Waals surface area (Å²) in [5, 5.41) is 23.4. The van der Waals surface area contributed by atoms with Gasteiger partial charge in [0, 0.05) is 12.8 Å². The van der Waals surface area contributed by atoms with Crippen molar-refractivity contribution in [3.63, 3.8) is 0 Å². The molecule has 73 heavy (non-hydrogen) atoms. The maximum absolute atomic E-state index is 12.5. The van der Waals surface area contributed by atoms with Gasteiger partial charge in [-0.05, 0) is 57.8 Å². The second-order valence-electron chi connectivity index (χ2n) is 22.8. The highest BCUT2D eigenvalue weighted by molar-refractivity contribution is 5.76. The molecule has 432 valence electrons. The quantitative estimate of drug-likeness (QED) is 0.0320. The van der Waals surface area contributed by atoms with Gasteiger partial charge < -0.3 is 20.3 Å². The summed E-state index contributed by atoms with van der Waals surface area (Å²) in [5.41, 5.74) is 0. The van der Waals surface area contributed by atoms with Crippen LogP contribution >= 0.6 is 0 Å². The first-order valence-corrected chi connectivity index (χ1v) is 33.1. The Balaban J connectivity index is 3.42. The molecule has 0 radical (unpaired) electrons. The molecule has 0 aromatic rings. The highest BCUT2D eigenvalue weighted by Crippen LogP contribution is 2.18. The minimum absolute atomic E-state index is 0.00467. The van der Waals surface area contributed by atoms with E-state index in [4.69, 9.17) is 4.74 Å². The largest absolute Gasteiger partial charge is 0.466 e. The van der Waals surface area contributed by atoms with Crippen molar-refractivity contribution in [3.8, 4) is 0 Å². The van der Waals surface area contributed by atoms with Gasteiger partial charge in [0.05, 0.1) is 25.4 Å². The number of carbonyl (C=O) groups excluding carboxylic acids is 2. The van der Waals surface area contributed by atoms with Gasteiger partial charge in [0.1, 0.15) is 0 Å². The smallest absolute Gasteiger partial charge is 0.305 e. The molecule has 0 heterocycles. The second kappa shape index (κ2) is 62.9. The number of rotatable bonds is 62. The standard InChI is InChI=1S/C67H129NO5/c1-3-5-7-9-11-13-15-17-19-21-23-24-25-26-28-29-31-35-39-43-47-51-55-59-65(70)64(63-69)68-66(71)60-56-52-48-44-40-36-33-34-38-42-46-50-54-58-62-73-67(72)61-57-53-49-45-41-37-32-30-27-22-20-18-16-14-12-10-8-6-4-2/h12,14,18,20,64-65,69-70H,3-11,13,15-17,19,21-63H2,1-2H3,(H,68,71)/b14-12-,20-18-. The molecule has 0 fully saturated rings. The maximum Gasteiger partial charge on any atom is 0.305 e. The van der Waals surface area contributed by atoms with Gasteiger partial charge in [-0.25, -0.2) is 0 Å². The van der Waals surface area contributed by atoms with E-state index >= 15 is 0 Å². The number of ether oxygens (including phenoxy) is 1. The zero-order valence-corrected chi connectivity index (χ0v) is 49.4. The Morgan fingerprint density at radius 2 is 0.685 bits per heavy atom. The fourth-order valence-corrected chi connectivity index (χ4v) is 10.4. The summed E-state index contributed by atoms with van der Waals surface area (Å²) < 4.78 is 5.49. The lowest BCUT2D eigenvalue weighted by Crippen LogP contribution is -2.45. The fourth-order valence-electron chi connectivity index (χ4n) is 10.4. The number of hydrogen-bond acceptors (Lipinski definition) is 5. The lowest BCUT2D eigenvalue weighted by atomic mass is 10.0. The van der Waals surface area contributed by atoms with Gasteiger partial charge in [-0.3, -0.25) is 9.59 Å². The third kappa shape index (κ3) is 59.4. The summed E-state index contributed by atoms with van der Waals surface area (Å²) >= 11 is 0. The topological polar surface area (TPSA) is 95.9 Å². The third-order valence-corrected chi connectivity index (χ3v) is 15.5. The van der Waals surface area contributed by atoms with E-state index in [1.807, 2.05) is 0 Å². The molecule has 0 aromatic carbocycles. The van der Waals surface area contributed by atoms with E-state index in [1.54, 1.807) is 0 Å². The van der Waals surface area contributed by atoms with Crippen molar-refractivity contribution in [2.24, 2.45) is 0 Å². The Morgan fingerprint density at radius 1 is 0.384 bits per heavy atom. The molecule has 0 aliphatic carbocycles. The van der Waals surface area contributed by atoms with Crippen molar-refractivity contribution in [2.45, 2.75) is 379 Å². The molecular formula is C67H129NO5. The van der Waals surface area contributed by atoms with E-state index in [1.165, 1.54) is 276 Å². The van der Waals surface area contributed by atoms with E-state index in [-0.39, 0.29) is 18.5 Å². The molecule has 0 rings (SSSR count). The Bertz CT molecular complexity index is 1140. The molecule has 0 aliphatic heterocycles. The van der Waals surface area contributed by atoms with E-state index in [9.17, 15) is 19.8 Å². The first-order chi connectivity index (χ1) is 36.0. The monoisotopic (exact) mass is 1030 g/mol. The number of carbonyl (C=O) groups is 2. The Labute approximate surface area is 456 Å². The summed E-state index contributed by atoms with van der Waals surface area (Å²) in [4.78, 5) is 24.6. The van der Waals surface area contributed by atoms with E-state index in [2.05, 4.69) is 43.5 Å². The average molecular weight is 1030 g/mol. The maximum atomic E-state index is 12.5. The molecule has 0 aromatic heterocycles. The lowest BCUT2D eigenvalue weighted by molar-refractivity contribution is -0.143. The summed E-state index contributed by atoms with van der Waals surface area (Å²) in [6, 6.07) is -0.551. The number of amides is 1. The van der Waals surface area contributed by atoms with E-state index in [0.717, 1.165) is 57.8 Å². The number of allylic oxidation sites excluding steroid dienone is 4. The molecule has 0 aliphatic rings. The van der Waals surface area contributed by atoms with Gasteiger partial charge in [-0.1, -0.05) is 321 Å². The van der Waals surface area contributed by atoms with Crippen LogP contribution in [-0.2, 0) is 14.3 Å². The Hall–Kier alpha value is -1.66. The van der Waals surface area contributed by atoms with Crippen LogP contribution in [0.1, 0.15) is 367 Å². The summed E-state index contributed by atoms with van der Waals surface area (Å²) in [6.07, 6.45) is 77.6. The van der Waals surface area contributed by atoms with Gasteiger partial charge in [0.15, 0.2) is 0 Å². The fraction of sp³-hybridized carbons (Fsp3) is 0.910. The molecule has 6 heteroatoms. The number of aliphatic hydroxyl groups is 2. The summed E-state index contributed by atoms with van der Waals surface area (Å²) in [5.74, 6) is -0.0462. The third-order valence-electron chi connectivity index (χ3n) is 15.5. The van der Waals surface area contributed by atoms with Crippen LogP contribution in [0, 0.1) is 0 Å². The minimum atomic E-state index is -0.673. The van der Waals surface area contributed by atoms with Gasteiger partial charge in [-0.15, -0.1) is 0 Å². The van der Waals surface area contributed by atoms with Crippen LogP contribution in [0.15, 0.2) is 24.3 Å². The minimum Gasteiger partial charge on any atom is -0.466 e. The van der Waals surface area contributed by atoms with Crippen molar-refractivity contribution < 1.29 is 24.5 Å². The van der Waals surface area contributed by atoms with Gasteiger partial charge in [-0.2, -0.15) is 0 Å². The van der Waals surface area contributed by atoms with Crippen LogP contribution < -0.4 is 5.32 Å². The summed E-state index contributed by atoms with van der Waals surface area (Å²) in [6.45, 7) is 4.94. The van der Waals surface area contributed by atoms with Crippen molar-refractivity contribution in [1.29, 1.82) is 0 Å². The molecule has 2 unspecified atom stereocenters. The molecule has 0 saturated heterocycles. The normalized spacial score (nSPS) is 12.7. The number of unbranched alkanes of at least 4 members (excludes halogenated alkanes) is 47. The molecule has 2 atom stereocenters. The van der Waals surface area contributed by atoms with Crippen LogP contribution in [0.25, 0.3) is 0 Å². The molecule has 3 N–H and O–H groups in total. The van der Waals surface area contributed by atoms with Crippen molar-refractivity contribution in [1.82, 2.24) is 5.32 Å². The second-order valence-corrected chi connectivity index (χ2v) is 22.8. The number of nitrogens with one attached hydrogen (secondary N) is 1. The van der Waals surface area contributed by atoms with Crippen LogP contribution in [0.5, 0.6) is 0 Å². The highest BCUT2D eigenvalue weighted by atomic mass is 16.5. The molecule has 0 spiro atoms. The first-order valence-electron chi connectivity index (χ1n) is 33.1. The predicted molar refractivity (Wildman–Crippen MR) is 320 cm³/mol. The molecule has 1 amide bonds. The number of hydrogen-bond donors (Lipinski definition) is 3. The SMILES string of the molecule is CCCCC/C=C\C/C=C\CCCCCCCCCCCC(=O)OCCCCCCCCCCCCCCCCC(=O)NC(CO)C(O)CCCCCCCCCCCCCCCCCCCCCCCCC. The van der Waals surface area contributed by atoms with Crippen LogP contribution in [0.4, 0.5) is 0 Å². The van der Waals surface area contributed by atoms with Crippen molar-refractivity contribution in [2.75, 3.05) is 13.2 Å². The van der Waals surface area contributed by atoms with E-state index < -0.39 is 12.1 Å². The molecule has 6 nitrogen and oxygen atoms in total. The predicted octanol–water partition coefficient (Wildman–Crippen LogP) is 21.0. The van der Waals surface area contributed by atoms with Crippen LogP contribution in [0.2, 0.25) is 0 Å². The molecular weight excluding hydrogens is 899 g/mol. The number of esters is 1. The average Bonchev–Trinajstić information content (AvgIpc) is 3.39. The first kappa shape index (κ1) is 71.3. The van der Waals surface area contributed by atoms with E-state index in [0.29, 0.717) is 25.9 Å². The Morgan fingerprint density at radius 3 is 1.07 bits per heavy atom. The van der Waals surface area contributed by atoms with Gasteiger partial charge in [0.2, 0.25) is 5.91 Å². The number of aliphatic hydroxyl groups excluding tert-OH is 2. The van der Waals surface area contributed by atoms with Gasteiger partial charge >= 0.3 is 5.97 Å². The highest BCUT2D eigenvalue weighted by Gasteiger charge is 2.20.